The van der Waals surface area contributed by atoms with E-state index in [1.165, 1.54) is 37.7 Å². The van der Waals surface area contributed by atoms with Gasteiger partial charge in [0.25, 0.3) is 0 Å². The molecule has 2 fully saturated rings. The summed E-state index contributed by atoms with van der Waals surface area (Å²) in [4.78, 5) is 12.5. The summed E-state index contributed by atoms with van der Waals surface area (Å²) < 4.78 is 5.64. The van der Waals surface area contributed by atoms with E-state index in [-0.39, 0.29) is 11.9 Å². The van der Waals surface area contributed by atoms with Crippen LogP contribution in [0.15, 0.2) is 24.3 Å². The van der Waals surface area contributed by atoms with Crippen LogP contribution in [0, 0.1) is 23.7 Å². The molecule has 0 aliphatic heterocycles. The highest BCUT2D eigenvalue weighted by molar-refractivity contribution is 5.75. The van der Waals surface area contributed by atoms with Crippen molar-refractivity contribution in [2.45, 2.75) is 65.2 Å². The lowest BCUT2D eigenvalue weighted by Gasteiger charge is -2.41. The largest absolute Gasteiger partial charge is 0.426 e. The van der Waals surface area contributed by atoms with Gasteiger partial charge in [-0.2, -0.15) is 0 Å². The standard InChI is InChI=1S/C21H30O2/c1-3-15-6-11-20(12-7-15)23-21(22)19-10-9-17-13-16(4-2)5-8-18(17)14-19/h6-7,11-12,16-19H,3-5,8-10,13-14H2,1-2H3/t16?,17-,18?,19-/m1/s1. The molecule has 0 heterocycles. The third-order valence-electron chi connectivity index (χ3n) is 6.18. The molecule has 0 radical (unpaired) electrons. The topological polar surface area (TPSA) is 26.3 Å². The Hall–Kier alpha value is -1.31. The molecule has 2 nitrogen and oxygen atoms in total. The molecule has 2 unspecified atom stereocenters. The number of carbonyl (C=O) groups excluding carboxylic acids is 1. The summed E-state index contributed by atoms with van der Waals surface area (Å²) in [5.41, 5.74) is 1.28. The molecule has 0 N–H and O–H groups in total. The molecule has 0 amide bonds. The van der Waals surface area contributed by atoms with E-state index < -0.39 is 0 Å². The van der Waals surface area contributed by atoms with Crippen molar-refractivity contribution in [2.24, 2.45) is 23.7 Å². The minimum absolute atomic E-state index is 0.00897. The first kappa shape index (κ1) is 16.5. The van der Waals surface area contributed by atoms with Crippen molar-refractivity contribution in [2.75, 3.05) is 0 Å². The van der Waals surface area contributed by atoms with Gasteiger partial charge in [-0.05, 0) is 74.0 Å². The van der Waals surface area contributed by atoms with Gasteiger partial charge in [-0.15, -0.1) is 0 Å². The number of esters is 1. The molecule has 1 aromatic rings. The number of carbonyl (C=O) groups is 1. The number of rotatable bonds is 4. The molecule has 2 heteroatoms. The van der Waals surface area contributed by atoms with Crippen LogP contribution in [0.4, 0.5) is 0 Å². The van der Waals surface area contributed by atoms with Crippen LogP contribution in [0.1, 0.15) is 64.4 Å². The quantitative estimate of drug-likeness (QED) is 0.549. The third-order valence-corrected chi connectivity index (χ3v) is 6.18. The number of hydrogen-bond donors (Lipinski definition) is 0. The molecule has 2 aliphatic carbocycles. The van der Waals surface area contributed by atoms with Crippen LogP contribution in [0.25, 0.3) is 0 Å². The van der Waals surface area contributed by atoms with Gasteiger partial charge in [-0.25, -0.2) is 0 Å². The molecule has 2 aliphatic rings. The van der Waals surface area contributed by atoms with Gasteiger partial charge in [-0.1, -0.05) is 38.8 Å². The van der Waals surface area contributed by atoms with Gasteiger partial charge in [0.15, 0.2) is 0 Å². The van der Waals surface area contributed by atoms with Gasteiger partial charge in [0.2, 0.25) is 0 Å². The molecule has 4 atom stereocenters. The normalized spacial score (nSPS) is 30.5. The first-order chi connectivity index (χ1) is 11.2. The van der Waals surface area contributed by atoms with E-state index in [4.69, 9.17) is 4.74 Å². The van der Waals surface area contributed by atoms with Crippen LogP contribution in [0.2, 0.25) is 0 Å². The fourth-order valence-corrected chi connectivity index (χ4v) is 4.56. The van der Waals surface area contributed by atoms with Gasteiger partial charge in [0.1, 0.15) is 5.75 Å². The molecule has 23 heavy (non-hydrogen) atoms. The van der Waals surface area contributed by atoms with Gasteiger partial charge in [0.05, 0.1) is 5.92 Å². The fourth-order valence-electron chi connectivity index (χ4n) is 4.56. The predicted octanol–water partition coefficient (Wildman–Crippen LogP) is 5.40. The van der Waals surface area contributed by atoms with Crippen molar-refractivity contribution in [3.05, 3.63) is 29.8 Å². The molecule has 1 aromatic carbocycles. The zero-order valence-corrected chi connectivity index (χ0v) is 14.6. The number of aryl methyl sites for hydroxylation is 1. The van der Waals surface area contributed by atoms with Gasteiger partial charge >= 0.3 is 5.97 Å². The van der Waals surface area contributed by atoms with Crippen molar-refractivity contribution < 1.29 is 9.53 Å². The van der Waals surface area contributed by atoms with E-state index in [1.807, 2.05) is 24.3 Å². The molecule has 0 aromatic heterocycles. The van der Waals surface area contributed by atoms with E-state index in [1.54, 1.807) is 0 Å². The Kier molecular flexibility index (Phi) is 5.40. The SMILES string of the molecule is CCc1ccc(OC(=O)[C@@H]2CC[C@@H]3CC(CC)CCC3C2)cc1. The Bertz CT molecular complexity index is 519. The number of hydrogen-bond acceptors (Lipinski definition) is 2. The first-order valence-corrected chi connectivity index (χ1v) is 9.50. The lowest BCUT2D eigenvalue weighted by molar-refractivity contribution is -0.141. The maximum absolute atomic E-state index is 12.5. The minimum Gasteiger partial charge on any atom is -0.426 e. The van der Waals surface area contributed by atoms with Crippen molar-refractivity contribution in [1.82, 2.24) is 0 Å². The highest BCUT2D eigenvalue weighted by Gasteiger charge is 2.37. The van der Waals surface area contributed by atoms with E-state index in [2.05, 4.69) is 13.8 Å². The number of fused-ring (bicyclic) bond motifs is 1. The lowest BCUT2D eigenvalue weighted by atomic mass is 9.64. The number of benzene rings is 1. The monoisotopic (exact) mass is 314 g/mol. The summed E-state index contributed by atoms with van der Waals surface area (Å²) in [6.07, 6.45) is 9.69. The Morgan fingerprint density at radius 2 is 1.70 bits per heavy atom. The average Bonchev–Trinajstić information content (AvgIpc) is 2.61. The molecular formula is C21H30O2. The molecule has 126 valence electrons. The highest BCUT2D eigenvalue weighted by atomic mass is 16.5. The second kappa shape index (κ2) is 7.51. The molecular weight excluding hydrogens is 284 g/mol. The Labute approximate surface area is 140 Å². The molecule has 2 saturated carbocycles. The zero-order chi connectivity index (χ0) is 16.2. The average molecular weight is 314 g/mol. The molecule has 3 rings (SSSR count). The van der Waals surface area contributed by atoms with E-state index in [9.17, 15) is 4.79 Å². The van der Waals surface area contributed by atoms with Crippen molar-refractivity contribution in [3.8, 4) is 5.75 Å². The minimum atomic E-state index is -0.00897. The van der Waals surface area contributed by atoms with Crippen molar-refractivity contribution >= 4 is 5.97 Å². The Morgan fingerprint density at radius 3 is 2.39 bits per heavy atom. The molecule has 0 saturated heterocycles. The summed E-state index contributed by atoms with van der Waals surface area (Å²) in [6, 6.07) is 7.95. The number of ether oxygens (including phenoxy) is 1. The second-order valence-corrected chi connectivity index (χ2v) is 7.54. The smallest absolute Gasteiger partial charge is 0.314 e. The maximum atomic E-state index is 12.5. The van der Waals surface area contributed by atoms with Crippen LogP contribution < -0.4 is 4.74 Å². The van der Waals surface area contributed by atoms with Gasteiger partial charge in [-0.3, -0.25) is 4.79 Å². The predicted molar refractivity (Wildman–Crippen MR) is 93.4 cm³/mol. The van der Waals surface area contributed by atoms with E-state index >= 15 is 0 Å². The van der Waals surface area contributed by atoms with E-state index in [0.29, 0.717) is 5.75 Å². The molecule has 0 spiro atoms. The van der Waals surface area contributed by atoms with Crippen LogP contribution in [-0.2, 0) is 11.2 Å². The van der Waals surface area contributed by atoms with Crippen molar-refractivity contribution in [3.63, 3.8) is 0 Å². The van der Waals surface area contributed by atoms with Gasteiger partial charge < -0.3 is 4.74 Å². The summed E-state index contributed by atoms with van der Waals surface area (Å²) in [5, 5.41) is 0. The van der Waals surface area contributed by atoms with Crippen LogP contribution >= 0.6 is 0 Å². The van der Waals surface area contributed by atoms with Crippen molar-refractivity contribution in [1.29, 1.82) is 0 Å². The zero-order valence-electron chi connectivity index (χ0n) is 14.6. The maximum Gasteiger partial charge on any atom is 0.314 e. The Balaban J connectivity index is 1.54. The first-order valence-electron chi connectivity index (χ1n) is 9.50. The van der Waals surface area contributed by atoms with Crippen LogP contribution in [0.5, 0.6) is 5.75 Å². The third kappa shape index (κ3) is 3.97. The summed E-state index contributed by atoms with van der Waals surface area (Å²) in [5.74, 6) is 3.35. The molecule has 0 bridgehead atoms. The van der Waals surface area contributed by atoms with Crippen LogP contribution in [0.3, 0.4) is 0 Å². The van der Waals surface area contributed by atoms with Crippen LogP contribution in [-0.4, -0.2) is 5.97 Å². The van der Waals surface area contributed by atoms with E-state index in [0.717, 1.165) is 37.0 Å². The van der Waals surface area contributed by atoms with Gasteiger partial charge in [0, 0.05) is 0 Å². The summed E-state index contributed by atoms with van der Waals surface area (Å²) in [7, 11) is 0. The Morgan fingerprint density at radius 1 is 1.00 bits per heavy atom. The lowest BCUT2D eigenvalue weighted by Crippen LogP contribution is -2.35. The fraction of sp³-hybridized carbons (Fsp3) is 0.667. The summed E-state index contributed by atoms with van der Waals surface area (Å²) in [6.45, 7) is 4.45. The second-order valence-electron chi connectivity index (χ2n) is 7.54. The highest BCUT2D eigenvalue weighted by Crippen LogP contribution is 2.45. The summed E-state index contributed by atoms with van der Waals surface area (Å²) >= 11 is 0.